The van der Waals surface area contributed by atoms with Gasteiger partial charge in [0.15, 0.2) is 10.9 Å². The van der Waals surface area contributed by atoms with Gasteiger partial charge in [-0.25, -0.2) is 0 Å². The van der Waals surface area contributed by atoms with Gasteiger partial charge < -0.3 is 9.47 Å². The van der Waals surface area contributed by atoms with Crippen LogP contribution >= 0.6 is 0 Å². The summed E-state index contributed by atoms with van der Waals surface area (Å²) in [5.74, 6) is 0.422. The minimum absolute atomic E-state index is 0.0300. The lowest BCUT2D eigenvalue weighted by Gasteiger charge is -2.15. The van der Waals surface area contributed by atoms with Crippen LogP contribution in [0.2, 0.25) is 0 Å². The van der Waals surface area contributed by atoms with Crippen molar-refractivity contribution in [2.75, 3.05) is 14.2 Å². The normalized spacial score (nSPS) is 11.2. The van der Waals surface area contributed by atoms with Crippen LogP contribution in [0.15, 0.2) is 31.3 Å². The molecule has 3 rings (SSSR count). The molecule has 0 atom stereocenters. The monoisotopic (exact) mass is 326 g/mol. The molecule has 2 aliphatic rings. The van der Waals surface area contributed by atoms with Crippen molar-refractivity contribution in [1.29, 1.82) is 0 Å². The molecule has 0 unspecified atom stereocenters. The molecule has 1 aromatic carbocycles. The summed E-state index contributed by atoms with van der Waals surface area (Å²) in [6, 6.07) is 2.00. The fourth-order valence-electron chi connectivity index (χ4n) is 3.15. The molecule has 0 radical (unpaired) electrons. The van der Waals surface area contributed by atoms with Crippen molar-refractivity contribution in [2.45, 2.75) is 13.8 Å². The number of ether oxygens (including phenoxy) is 2. The van der Waals surface area contributed by atoms with E-state index in [9.17, 15) is 19.2 Å². The van der Waals surface area contributed by atoms with E-state index in [4.69, 9.17) is 9.47 Å². The van der Waals surface area contributed by atoms with Crippen molar-refractivity contribution >= 4 is 10.8 Å². The molecule has 0 fully saturated rings. The van der Waals surface area contributed by atoms with Crippen LogP contribution in [0.5, 0.6) is 11.5 Å². The van der Waals surface area contributed by atoms with Crippen LogP contribution in [-0.4, -0.2) is 14.2 Å². The molecule has 2 aliphatic carbocycles. The fourth-order valence-corrected chi connectivity index (χ4v) is 3.15. The summed E-state index contributed by atoms with van der Waals surface area (Å²) in [5, 5.41) is -0.859. The summed E-state index contributed by atoms with van der Waals surface area (Å²) >= 11 is 0. The number of fused-ring (bicyclic) bond motifs is 1. The largest absolute Gasteiger partial charge is 0.496 e. The van der Waals surface area contributed by atoms with E-state index in [2.05, 4.69) is 0 Å². The third-order valence-electron chi connectivity index (χ3n) is 4.39. The van der Waals surface area contributed by atoms with Crippen molar-refractivity contribution in [2.24, 2.45) is 0 Å². The van der Waals surface area contributed by atoms with Gasteiger partial charge in [0.1, 0.15) is 11.5 Å². The first-order chi connectivity index (χ1) is 11.3. The van der Waals surface area contributed by atoms with Gasteiger partial charge in [0.25, 0.3) is 0 Å². The third-order valence-corrected chi connectivity index (χ3v) is 4.39. The Balaban J connectivity index is 2.97. The second-order valence-corrected chi connectivity index (χ2v) is 5.54. The highest BCUT2D eigenvalue weighted by Crippen LogP contribution is 2.36. The van der Waals surface area contributed by atoms with E-state index in [1.807, 2.05) is 0 Å². The maximum Gasteiger partial charge on any atom is 0.202 e. The summed E-state index contributed by atoms with van der Waals surface area (Å²) in [6.07, 6.45) is 0. The molecule has 6 nitrogen and oxygen atoms in total. The zero-order valence-electron chi connectivity index (χ0n) is 13.6. The molecule has 1 aromatic rings. The molecule has 6 heteroatoms. The van der Waals surface area contributed by atoms with Crippen molar-refractivity contribution < 1.29 is 9.47 Å². The highest BCUT2D eigenvalue weighted by molar-refractivity contribution is 5.95. The second-order valence-electron chi connectivity index (χ2n) is 5.54. The Morgan fingerprint density at radius 2 is 1.00 bits per heavy atom. The maximum absolute atomic E-state index is 12.9. The van der Waals surface area contributed by atoms with E-state index in [1.54, 1.807) is 13.8 Å². The Bertz CT molecular complexity index is 1160. The fraction of sp³-hybridized carbons (Fsp3) is 0.222. The maximum atomic E-state index is 12.9. The van der Waals surface area contributed by atoms with E-state index in [0.29, 0.717) is 11.1 Å². The molecule has 0 aliphatic heterocycles. The molecule has 0 aromatic heterocycles. The standard InChI is InChI=1S/C18H14O6/c1-7-8(2)18(24-4)14-13(17(7)23-3)15(21)11-9(19)5-6-10(20)12(11)16(14)22/h5-6H,1-4H3. The topological polar surface area (TPSA) is 86.7 Å². The summed E-state index contributed by atoms with van der Waals surface area (Å²) < 4.78 is 10.6. The Hall–Kier alpha value is -3.02. The van der Waals surface area contributed by atoms with Crippen LogP contribution in [0.25, 0.3) is 10.8 Å². The van der Waals surface area contributed by atoms with Gasteiger partial charge >= 0.3 is 0 Å². The van der Waals surface area contributed by atoms with E-state index < -0.39 is 32.2 Å². The Morgan fingerprint density at radius 1 is 0.667 bits per heavy atom. The molecule has 24 heavy (non-hydrogen) atoms. The molecule has 0 saturated carbocycles. The molecule has 0 N–H and O–H groups in total. The molecule has 0 amide bonds. The number of hydrogen-bond acceptors (Lipinski definition) is 6. The van der Waals surface area contributed by atoms with Gasteiger partial charge in [-0.05, 0) is 37.1 Å². The van der Waals surface area contributed by atoms with E-state index in [0.717, 1.165) is 12.1 Å². The van der Waals surface area contributed by atoms with Gasteiger partial charge in [-0.2, -0.15) is 0 Å². The first kappa shape index (κ1) is 15.9. The van der Waals surface area contributed by atoms with E-state index >= 15 is 0 Å². The Morgan fingerprint density at radius 3 is 1.29 bits per heavy atom. The molecule has 0 spiro atoms. The predicted octanol–water partition coefficient (Wildman–Crippen LogP) is 0.515. The van der Waals surface area contributed by atoms with Crippen molar-refractivity contribution in [3.63, 3.8) is 0 Å². The van der Waals surface area contributed by atoms with Gasteiger partial charge in [-0.1, -0.05) is 0 Å². The molecular formula is C18H14O6. The first-order valence-electron chi connectivity index (χ1n) is 7.20. The van der Waals surface area contributed by atoms with Gasteiger partial charge in [0, 0.05) is 0 Å². The lowest BCUT2D eigenvalue weighted by atomic mass is 9.96. The number of benzene rings is 1. The zero-order chi connectivity index (χ0) is 17.8. The van der Waals surface area contributed by atoms with Gasteiger partial charge in [0.2, 0.25) is 10.9 Å². The lowest BCUT2D eigenvalue weighted by Crippen LogP contribution is -2.28. The minimum atomic E-state index is -0.694. The van der Waals surface area contributed by atoms with Crippen LogP contribution in [0.3, 0.4) is 0 Å². The van der Waals surface area contributed by atoms with Gasteiger partial charge in [0.05, 0.1) is 35.4 Å². The van der Waals surface area contributed by atoms with E-state index in [-0.39, 0.29) is 22.3 Å². The molecule has 0 bridgehead atoms. The SMILES string of the molecule is COc1c(C)c(C)c(OC)c2c(=O)c3c(=O)ccc(=O)c=3c(=O)c12. The number of rotatable bonds is 2. The first-order valence-corrected chi connectivity index (χ1v) is 7.20. The van der Waals surface area contributed by atoms with Crippen molar-refractivity contribution in [1.82, 2.24) is 0 Å². The minimum Gasteiger partial charge on any atom is -0.496 e. The van der Waals surface area contributed by atoms with Gasteiger partial charge in [-0.15, -0.1) is 0 Å². The second kappa shape index (κ2) is 5.26. The number of methoxy groups -OCH3 is 2. The summed E-state index contributed by atoms with van der Waals surface area (Å²) in [6.45, 7) is 3.46. The Labute approximate surface area is 135 Å². The summed E-state index contributed by atoms with van der Waals surface area (Å²) in [7, 11) is 2.76. The van der Waals surface area contributed by atoms with E-state index in [1.165, 1.54) is 14.2 Å². The summed E-state index contributed by atoms with van der Waals surface area (Å²) in [5.41, 5.74) is -1.45. The van der Waals surface area contributed by atoms with Crippen LogP contribution in [0.1, 0.15) is 11.1 Å². The predicted molar refractivity (Wildman–Crippen MR) is 89.3 cm³/mol. The number of hydrogen-bond donors (Lipinski definition) is 0. The molecule has 122 valence electrons. The van der Waals surface area contributed by atoms with Gasteiger partial charge in [-0.3, -0.25) is 19.2 Å². The average Bonchev–Trinajstić information content (AvgIpc) is 2.56. The molecule has 0 heterocycles. The Kier molecular flexibility index (Phi) is 3.48. The quantitative estimate of drug-likeness (QED) is 0.682. The van der Waals surface area contributed by atoms with Crippen LogP contribution in [-0.2, 0) is 0 Å². The van der Waals surface area contributed by atoms with Crippen molar-refractivity contribution in [3.8, 4) is 11.5 Å². The van der Waals surface area contributed by atoms with Crippen molar-refractivity contribution in [3.05, 3.63) is 74.6 Å². The van der Waals surface area contributed by atoms with Crippen LogP contribution in [0, 0.1) is 24.3 Å². The molecular weight excluding hydrogens is 312 g/mol. The lowest BCUT2D eigenvalue weighted by molar-refractivity contribution is 0.405. The van der Waals surface area contributed by atoms with Crippen LogP contribution in [0.4, 0.5) is 0 Å². The highest BCUT2D eigenvalue weighted by Gasteiger charge is 2.23. The summed E-state index contributed by atoms with van der Waals surface area (Å²) in [4.78, 5) is 50.0. The average molecular weight is 326 g/mol. The third kappa shape index (κ3) is 1.83. The molecule has 0 saturated heterocycles. The zero-order valence-corrected chi connectivity index (χ0v) is 13.6. The highest BCUT2D eigenvalue weighted by atomic mass is 16.5. The smallest absolute Gasteiger partial charge is 0.202 e. The van der Waals surface area contributed by atoms with Crippen LogP contribution < -0.4 is 31.2 Å².